The summed E-state index contributed by atoms with van der Waals surface area (Å²) in [6, 6.07) is 8.01. The van der Waals surface area contributed by atoms with Crippen molar-refractivity contribution in [1.29, 1.82) is 0 Å². The third kappa shape index (κ3) is 2.43. The third-order valence-corrected chi connectivity index (χ3v) is 5.37. The Bertz CT molecular complexity index is 837. The summed E-state index contributed by atoms with van der Waals surface area (Å²) < 4.78 is 1.71. The fourth-order valence-corrected chi connectivity index (χ4v) is 3.97. The van der Waals surface area contributed by atoms with Gasteiger partial charge in [0.05, 0.1) is 0 Å². The predicted octanol–water partition coefficient (Wildman–Crippen LogP) is 3.05. The Morgan fingerprint density at radius 1 is 1.25 bits per heavy atom. The lowest BCUT2D eigenvalue weighted by atomic mass is 9.73. The van der Waals surface area contributed by atoms with E-state index in [0.29, 0.717) is 12.4 Å². The summed E-state index contributed by atoms with van der Waals surface area (Å²) in [5.41, 5.74) is 2.73. The van der Waals surface area contributed by atoms with E-state index in [4.69, 9.17) is 0 Å². The summed E-state index contributed by atoms with van der Waals surface area (Å²) in [7, 11) is 0. The monoisotopic (exact) mass is 341 g/mol. The van der Waals surface area contributed by atoms with E-state index in [-0.39, 0.29) is 17.2 Å². The zero-order chi connectivity index (χ0) is 16.9. The summed E-state index contributed by atoms with van der Waals surface area (Å²) in [6.07, 6.45) is 3.41. The molecule has 2 heterocycles. The minimum absolute atomic E-state index is 0.0498. The molecule has 0 unspecified atom stereocenters. The number of aromatic nitrogens is 4. The second-order valence-electron chi connectivity index (χ2n) is 7.08. The molecule has 1 aromatic heterocycles. The number of Topliss-reactive ketones (excluding diaryl/α,β-unsaturated/α-hetero) is 1. The number of rotatable bonds is 2. The van der Waals surface area contributed by atoms with Gasteiger partial charge in [-0.15, -0.1) is 11.8 Å². The van der Waals surface area contributed by atoms with E-state index in [1.165, 1.54) is 4.90 Å². The summed E-state index contributed by atoms with van der Waals surface area (Å²) >= 11 is 1.70. The van der Waals surface area contributed by atoms with Gasteiger partial charge in [0.25, 0.3) is 0 Å². The number of hydrogen-bond acceptors (Lipinski definition) is 6. The molecule has 1 N–H and O–H groups in total. The van der Waals surface area contributed by atoms with E-state index < -0.39 is 0 Å². The van der Waals surface area contributed by atoms with E-state index in [0.717, 1.165) is 23.3 Å². The Balaban J connectivity index is 1.86. The molecule has 0 saturated carbocycles. The Morgan fingerprint density at radius 2 is 2.00 bits per heavy atom. The van der Waals surface area contributed by atoms with Crippen molar-refractivity contribution in [2.75, 3.05) is 11.6 Å². The van der Waals surface area contributed by atoms with Crippen molar-refractivity contribution >= 4 is 23.5 Å². The topological polar surface area (TPSA) is 72.7 Å². The minimum atomic E-state index is -0.259. The molecule has 6 nitrogen and oxygen atoms in total. The summed E-state index contributed by atoms with van der Waals surface area (Å²) in [5, 5.41) is 15.3. The zero-order valence-electron chi connectivity index (χ0n) is 13.9. The first kappa shape index (κ1) is 15.4. The molecule has 2 aromatic rings. The maximum atomic E-state index is 12.9. The maximum Gasteiger partial charge on any atom is 0.248 e. The number of carbonyl (C=O) groups is 1. The van der Waals surface area contributed by atoms with E-state index in [9.17, 15) is 4.79 Å². The van der Waals surface area contributed by atoms with E-state index in [2.05, 4.69) is 59.0 Å². The summed E-state index contributed by atoms with van der Waals surface area (Å²) in [6.45, 7) is 4.24. The van der Waals surface area contributed by atoms with Crippen LogP contribution in [0.25, 0.3) is 0 Å². The van der Waals surface area contributed by atoms with Crippen LogP contribution < -0.4 is 5.32 Å². The molecule has 2 aliphatic rings. The van der Waals surface area contributed by atoms with Gasteiger partial charge in [0, 0.05) is 22.6 Å². The van der Waals surface area contributed by atoms with Crippen molar-refractivity contribution in [1.82, 2.24) is 20.2 Å². The second-order valence-corrected chi connectivity index (χ2v) is 7.96. The van der Waals surface area contributed by atoms with Gasteiger partial charge in [0.2, 0.25) is 5.95 Å². The molecule has 1 atom stereocenters. The first-order valence-electron chi connectivity index (χ1n) is 7.93. The van der Waals surface area contributed by atoms with Gasteiger partial charge in [-0.2, -0.15) is 4.68 Å². The number of nitrogens with one attached hydrogen (secondary N) is 1. The Morgan fingerprint density at radius 3 is 2.71 bits per heavy atom. The molecule has 0 amide bonds. The smallest absolute Gasteiger partial charge is 0.248 e. The summed E-state index contributed by atoms with van der Waals surface area (Å²) in [4.78, 5) is 14.1. The molecule has 7 heteroatoms. The van der Waals surface area contributed by atoms with Gasteiger partial charge in [-0.3, -0.25) is 4.79 Å². The van der Waals surface area contributed by atoms with Gasteiger partial charge >= 0.3 is 0 Å². The predicted molar refractivity (Wildman–Crippen MR) is 92.8 cm³/mol. The van der Waals surface area contributed by atoms with Gasteiger partial charge < -0.3 is 5.32 Å². The number of anilines is 1. The molecule has 4 rings (SSSR count). The molecule has 0 fully saturated rings. The number of allylic oxidation sites excluding steroid dienone is 2. The van der Waals surface area contributed by atoms with Crippen LogP contribution in [0.2, 0.25) is 0 Å². The Labute approximate surface area is 144 Å². The molecule has 1 aliphatic heterocycles. The molecule has 1 aliphatic carbocycles. The average molecular weight is 341 g/mol. The van der Waals surface area contributed by atoms with Gasteiger partial charge in [-0.1, -0.05) is 31.1 Å². The van der Waals surface area contributed by atoms with Crippen LogP contribution in [0.5, 0.6) is 0 Å². The van der Waals surface area contributed by atoms with Crippen LogP contribution in [0.1, 0.15) is 38.3 Å². The normalized spacial score (nSPS) is 22.0. The van der Waals surface area contributed by atoms with Gasteiger partial charge in [-0.25, -0.2) is 0 Å². The SMILES string of the molecule is CSc1ccc([C@@H]2C3=C(CC(C)(C)CC3=O)Nc3nnnn32)cc1. The third-order valence-electron chi connectivity index (χ3n) is 4.63. The number of tetrazole rings is 1. The van der Waals surface area contributed by atoms with Crippen molar-refractivity contribution in [3.05, 3.63) is 41.1 Å². The second kappa shape index (κ2) is 5.44. The van der Waals surface area contributed by atoms with Crippen molar-refractivity contribution in [3.63, 3.8) is 0 Å². The van der Waals surface area contributed by atoms with Crippen LogP contribution in [0.4, 0.5) is 5.95 Å². The number of fused-ring (bicyclic) bond motifs is 1. The fourth-order valence-electron chi connectivity index (χ4n) is 3.56. The maximum absolute atomic E-state index is 12.9. The van der Waals surface area contributed by atoms with E-state index in [1.54, 1.807) is 16.4 Å². The lowest BCUT2D eigenvalue weighted by Crippen LogP contribution is -2.36. The average Bonchev–Trinajstić information content (AvgIpc) is 3.00. The molecule has 0 bridgehead atoms. The molecule has 124 valence electrons. The molecule has 0 radical (unpaired) electrons. The minimum Gasteiger partial charge on any atom is -0.326 e. The number of ketones is 1. The highest BCUT2D eigenvalue weighted by Crippen LogP contribution is 2.44. The highest BCUT2D eigenvalue weighted by molar-refractivity contribution is 7.98. The molecular weight excluding hydrogens is 322 g/mol. The number of hydrogen-bond donors (Lipinski definition) is 1. The van der Waals surface area contributed by atoms with Crippen molar-refractivity contribution < 1.29 is 4.79 Å². The lowest BCUT2D eigenvalue weighted by molar-refractivity contribution is -0.118. The summed E-state index contributed by atoms with van der Waals surface area (Å²) in [5.74, 6) is 0.770. The first-order valence-corrected chi connectivity index (χ1v) is 9.16. The van der Waals surface area contributed by atoms with Crippen molar-refractivity contribution in [2.24, 2.45) is 5.41 Å². The van der Waals surface area contributed by atoms with Crippen molar-refractivity contribution in [3.8, 4) is 0 Å². The van der Waals surface area contributed by atoms with Crippen LogP contribution in [0.15, 0.2) is 40.4 Å². The van der Waals surface area contributed by atoms with Crippen LogP contribution in [0.3, 0.4) is 0 Å². The Hall–Kier alpha value is -2.15. The fraction of sp³-hybridized carbons (Fsp3) is 0.412. The molecular formula is C17H19N5OS. The quantitative estimate of drug-likeness (QED) is 0.847. The molecule has 1 aromatic carbocycles. The van der Waals surface area contributed by atoms with Crippen LogP contribution in [-0.4, -0.2) is 32.2 Å². The number of benzene rings is 1. The zero-order valence-corrected chi connectivity index (χ0v) is 14.7. The van der Waals surface area contributed by atoms with Crippen LogP contribution in [-0.2, 0) is 4.79 Å². The van der Waals surface area contributed by atoms with Gasteiger partial charge in [0.1, 0.15) is 6.04 Å². The van der Waals surface area contributed by atoms with Gasteiger partial charge in [-0.05, 0) is 46.2 Å². The van der Waals surface area contributed by atoms with Crippen LogP contribution >= 0.6 is 11.8 Å². The lowest BCUT2D eigenvalue weighted by Gasteiger charge is -2.37. The number of thioether (sulfide) groups is 1. The standard InChI is InChI=1S/C17H19N5OS/c1-17(2)8-12-14(13(23)9-17)15(22-16(18-12)19-20-21-22)10-4-6-11(24-3)7-5-10/h4-7,15H,8-9H2,1-3H3,(H,18,19,21)/t15-/m1/s1. The largest absolute Gasteiger partial charge is 0.326 e. The van der Waals surface area contributed by atoms with E-state index >= 15 is 0 Å². The highest BCUT2D eigenvalue weighted by atomic mass is 32.2. The first-order chi connectivity index (χ1) is 11.5. The molecule has 0 spiro atoms. The van der Waals surface area contributed by atoms with Crippen LogP contribution in [0, 0.1) is 5.41 Å². The highest BCUT2D eigenvalue weighted by Gasteiger charge is 2.41. The molecule has 24 heavy (non-hydrogen) atoms. The number of nitrogens with zero attached hydrogens (tertiary/aromatic N) is 4. The number of carbonyl (C=O) groups excluding carboxylic acids is 1. The van der Waals surface area contributed by atoms with E-state index in [1.807, 2.05) is 6.26 Å². The Kier molecular flexibility index (Phi) is 3.49. The van der Waals surface area contributed by atoms with Gasteiger partial charge in [0.15, 0.2) is 5.78 Å². The molecule has 0 saturated heterocycles. The van der Waals surface area contributed by atoms with Crippen molar-refractivity contribution in [2.45, 2.75) is 37.6 Å².